The first kappa shape index (κ1) is 12.0. The molecule has 0 radical (unpaired) electrons. The maximum Gasteiger partial charge on any atom is 0.325 e. The highest BCUT2D eigenvalue weighted by molar-refractivity contribution is 5.72. The zero-order valence-electron chi connectivity index (χ0n) is 8.42. The molecule has 0 aromatic rings. The Kier molecular flexibility index (Phi) is 7.07. The summed E-state index contributed by atoms with van der Waals surface area (Å²) < 4.78 is 0. The van der Waals surface area contributed by atoms with Gasteiger partial charge in [0.2, 0.25) is 0 Å². The third kappa shape index (κ3) is 7.37. The van der Waals surface area contributed by atoms with Crippen molar-refractivity contribution in [1.29, 1.82) is 0 Å². The second-order valence-corrected chi connectivity index (χ2v) is 3.12. The Balaban J connectivity index is 3.35. The summed E-state index contributed by atoms with van der Waals surface area (Å²) >= 11 is 0. The lowest BCUT2D eigenvalue weighted by Crippen LogP contribution is -2.29. The largest absolute Gasteiger partial charge is 0.480 e. The number of hydrogen-bond acceptors (Lipinski definition) is 2. The van der Waals surface area contributed by atoms with Crippen LogP contribution in [0.25, 0.3) is 0 Å². The van der Waals surface area contributed by atoms with Gasteiger partial charge in [-0.15, -0.1) is 0 Å². The second kappa shape index (κ2) is 7.65. The van der Waals surface area contributed by atoms with E-state index in [-0.39, 0.29) is 0 Å². The summed E-state index contributed by atoms with van der Waals surface area (Å²) in [4.78, 5) is 10.4. The number of rotatable bonds is 7. The molecule has 0 bridgehead atoms. The van der Waals surface area contributed by atoms with Crippen LogP contribution in [0.2, 0.25) is 0 Å². The van der Waals surface area contributed by atoms with Crippen molar-refractivity contribution < 1.29 is 9.90 Å². The lowest BCUT2D eigenvalue weighted by molar-refractivity contribution is -0.138. The third-order valence-corrected chi connectivity index (χ3v) is 1.81. The van der Waals surface area contributed by atoms with E-state index in [1.807, 2.05) is 6.08 Å². The summed E-state index contributed by atoms with van der Waals surface area (Å²) in [5.41, 5.74) is 0. The van der Waals surface area contributed by atoms with E-state index in [9.17, 15) is 4.79 Å². The first-order valence-electron chi connectivity index (χ1n) is 4.82. The van der Waals surface area contributed by atoms with Crippen LogP contribution in [0.5, 0.6) is 0 Å². The van der Waals surface area contributed by atoms with Gasteiger partial charge in [-0.2, -0.15) is 0 Å². The molecule has 0 aromatic carbocycles. The minimum atomic E-state index is -0.821. The summed E-state index contributed by atoms with van der Waals surface area (Å²) in [6.07, 6.45) is 8.36. The molecule has 0 amide bonds. The smallest absolute Gasteiger partial charge is 0.325 e. The van der Waals surface area contributed by atoms with Crippen LogP contribution in [-0.2, 0) is 4.79 Å². The van der Waals surface area contributed by atoms with Crippen molar-refractivity contribution in [3.63, 3.8) is 0 Å². The maximum absolute atomic E-state index is 10.4. The topological polar surface area (TPSA) is 49.3 Å². The van der Waals surface area contributed by atoms with Crippen LogP contribution in [0.15, 0.2) is 12.3 Å². The van der Waals surface area contributed by atoms with E-state index >= 15 is 0 Å². The van der Waals surface area contributed by atoms with Crippen LogP contribution in [-0.4, -0.2) is 17.1 Å². The van der Waals surface area contributed by atoms with Crippen molar-refractivity contribution in [2.75, 3.05) is 0 Å². The molecule has 0 rings (SSSR count). The predicted octanol–water partition coefficient (Wildman–Crippen LogP) is 2.14. The lowest BCUT2D eigenvalue weighted by atomic mass is 10.2. The number of carbonyl (C=O) groups is 1. The Morgan fingerprint density at radius 2 is 2.23 bits per heavy atom. The zero-order valence-corrected chi connectivity index (χ0v) is 8.42. The fourth-order valence-electron chi connectivity index (χ4n) is 0.879. The molecule has 0 saturated carbocycles. The molecule has 0 aromatic heterocycles. The summed E-state index contributed by atoms with van der Waals surface area (Å²) in [5.74, 6) is -0.821. The van der Waals surface area contributed by atoms with Gasteiger partial charge >= 0.3 is 5.97 Å². The van der Waals surface area contributed by atoms with E-state index in [4.69, 9.17) is 5.11 Å². The maximum atomic E-state index is 10.4. The average molecular weight is 185 g/mol. The molecular formula is C10H19NO2. The number of hydrogen-bond donors (Lipinski definition) is 2. The average Bonchev–Trinajstić information content (AvgIpc) is 2.10. The molecule has 0 fully saturated rings. The highest BCUT2D eigenvalue weighted by Gasteiger charge is 2.05. The van der Waals surface area contributed by atoms with E-state index in [1.165, 1.54) is 19.3 Å². The normalized spacial score (nSPS) is 13.1. The number of carboxylic acid groups (broad SMARTS) is 1. The van der Waals surface area contributed by atoms with Crippen LogP contribution in [0.1, 0.15) is 39.5 Å². The summed E-state index contributed by atoms with van der Waals surface area (Å²) in [6, 6.07) is -0.498. The van der Waals surface area contributed by atoms with Crippen molar-refractivity contribution >= 4 is 5.97 Å². The molecule has 1 atom stereocenters. The molecule has 3 heteroatoms. The number of carboxylic acids is 1. The van der Waals surface area contributed by atoms with Crippen LogP contribution in [0.3, 0.4) is 0 Å². The Morgan fingerprint density at radius 1 is 1.54 bits per heavy atom. The first-order chi connectivity index (χ1) is 6.18. The molecule has 0 spiro atoms. The summed E-state index contributed by atoms with van der Waals surface area (Å²) in [7, 11) is 0. The van der Waals surface area contributed by atoms with Crippen LogP contribution >= 0.6 is 0 Å². The number of aliphatic carboxylic acids is 1. The summed E-state index contributed by atoms with van der Waals surface area (Å²) in [5, 5.41) is 11.3. The van der Waals surface area contributed by atoms with Gasteiger partial charge in [0.05, 0.1) is 0 Å². The minimum absolute atomic E-state index is 0.498. The molecule has 0 unspecified atom stereocenters. The predicted molar refractivity (Wildman–Crippen MR) is 53.5 cm³/mol. The van der Waals surface area contributed by atoms with Crippen LogP contribution < -0.4 is 5.32 Å². The molecule has 0 aliphatic rings. The molecule has 76 valence electrons. The van der Waals surface area contributed by atoms with E-state index in [0.717, 1.165) is 6.42 Å². The van der Waals surface area contributed by atoms with E-state index < -0.39 is 12.0 Å². The van der Waals surface area contributed by atoms with Gasteiger partial charge in [-0.25, -0.2) is 0 Å². The van der Waals surface area contributed by atoms with Gasteiger partial charge in [0.25, 0.3) is 0 Å². The van der Waals surface area contributed by atoms with E-state index in [0.29, 0.717) is 0 Å². The van der Waals surface area contributed by atoms with Crippen LogP contribution in [0, 0.1) is 0 Å². The highest BCUT2D eigenvalue weighted by Crippen LogP contribution is 1.98. The first-order valence-corrected chi connectivity index (χ1v) is 4.82. The fourth-order valence-corrected chi connectivity index (χ4v) is 0.879. The van der Waals surface area contributed by atoms with Crippen molar-refractivity contribution in [3.8, 4) is 0 Å². The molecule has 0 aliphatic carbocycles. The highest BCUT2D eigenvalue weighted by atomic mass is 16.4. The van der Waals surface area contributed by atoms with Gasteiger partial charge in [0.1, 0.15) is 6.04 Å². The Bertz CT molecular complexity index is 166. The zero-order chi connectivity index (χ0) is 10.1. The van der Waals surface area contributed by atoms with Crippen LogP contribution in [0.4, 0.5) is 0 Å². The Morgan fingerprint density at radius 3 is 2.77 bits per heavy atom. The fraction of sp³-hybridized carbons (Fsp3) is 0.700. The van der Waals surface area contributed by atoms with Gasteiger partial charge in [0, 0.05) is 0 Å². The minimum Gasteiger partial charge on any atom is -0.480 e. The lowest BCUT2D eigenvalue weighted by Gasteiger charge is -2.04. The summed E-state index contributed by atoms with van der Waals surface area (Å²) in [6.45, 7) is 3.78. The standard InChI is InChI=1S/C10H19NO2/c1-3-4-5-6-7-8-11-9(2)10(12)13/h7-9,11H,3-6H2,1-2H3,(H,12,13)/t9-/m0/s1. The van der Waals surface area contributed by atoms with Crippen molar-refractivity contribution in [3.05, 3.63) is 12.3 Å². The molecule has 13 heavy (non-hydrogen) atoms. The molecule has 0 aliphatic heterocycles. The molecule has 2 N–H and O–H groups in total. The monoisotopic (exact) mass is 185 g/mol. The van der Waals surface area contributed by atoms with Gasteiger partial charge in [-0.3, -0.25) is 4.79 Å². The SMILES string of the molecule is CCCCCC=CN[C@@H](C)C(=O)O. The number of allylic oxidation sites excluding steroid dienone is 1. The molecule has 0 heterocycles. The molecule has 0 saturated heterocycles. The third-order valence-electron chi connectivity index (χ3n) is 1.81. The molecular weight excluding hydrogens is 166 g/mol. The van der Waals surface area contributed by atoms with Gasteiger partial charge in [-0.05, 0) is 26.0 Å². The number of nitrogens with one attached hydrogen (secondary N) is 1. The quantitative estimate of drug-likeness (QED) is 0.597. The van der Waals surface area contributed by atoms with E-state index in [1.54, 1.807) is 13.1 Å². The van der Waals surface area contributed by atoms with Crippen molar-refractivity contribution in [2.45, 2.75) is 45.6 Å². The van der Waals surface area contributed by atoms with Gasteiger partial charge in [-0.1, -0.05) is 25.8 Å². The molecule has 3 nitrogen and oxygen atoms in total. The second-order valence-electron chi connectivity index (χ2n) is 3.12. The Hall–Kier alpha value is -0.990. The van der Waals surface area contributed by atoms with Crippen molar-refractivity contribution in [1.82, 2.24) is 5.32 Å². The van der Waals surface area contributed by atoms with Gasteiger partial charge in [0.15, 0.2) is 0 Å². The van der Waals surface area contributed by atoms with E-state index in [2.05, 4.69) is 12.2 Å². The van der Waals surface area contributed by atoms with Gasteiger partial charge < -0.3 is 10.4 Å². The van der Waals surface area contributed by atoms with Crippen molar-refractivity contribution in [2.24, 2.45) is 0 Å². The number of unbranched alkanes of at least 4 members (excludes halogenated alkanes) is 3. The Labute approximate surface area is 79.8 Å².